The second-order valence-electron chi connectivity index (χ2n) is 7.46. The summed E-state index contributed by atoms with van der Waals surface area (Å²) in [5.41, 5.74) is 2.08. The van der Waals surface area contributed by atoms with E-state index in [9.17, 15) is 18.0 Å². The maximum absolute atomic E-state index is 12.5. The molecular weight excluding hydrogens is 388 g/mol. The molecule has 2 aromatic rings. The van der Waals surface area contributed by atoms with Crippen LogP contribution in [0.15, 0.2) is 54.6 Å². The molecule has 1 fully saturated rings. The Balaban J connectivity index is 1.57. The number of carbonyl (C=O) groups excluding carboxylic acids is 2. The van der Waals surface area contributed by atoms with Gasteiger partial charge in [-0.15, -0.1) is 0 Å². The van der Waals surface area contributed by atoms with Crippen molar-refractivity contribution in [1.29, 1.82) is 0 Å². The Kier molecular flexibility index (Phi) is 6.69. The highest BCUT2D eigenvalue weighted by molar-refractivity contribution is 7.91. The fourth-order valence-electron chi connectivity index (χ4n) is 3.40. The lowest BCUT2D eigenvalue weighted by Crippen LogP contribution is -2.32. The number of nitrogens with zero attached hydrogens (tertiary/aromatic N) is 2. The van der Waals surface area contributed by atoms with Gasteiger partial charge in [-0.2, -0.15) is 0 Å². The van der Waals surface area contributed by atoms with Gasteiger partial charge in [-0.25, -0.2) is 8.42 Å². The number of amides is 2. The first-order valence-electron chi connectivity index (χ1n) is 9.70. The summed E-state index contributed by atoms with van der Waals surface area (Å²) in [5.74, 6) is -1.22. The van der Waals surface area contributed by atoms with Crippen LogP contribution in [-0.2, 0) is 26.9 Å². The van der Waals surface area contributed by atoms with Crippen molar-refractivity contribution in [3.63, 3.8) is 0 Å². The maximum atomic E-state index is 12.5. The molecule has 6 nitrogen and oxygen atoms in total. The van der Waals surface area contributed by atoms with E-state index in [1.165, 1.54) is 4.90 Å². The van der Waals surface area contributed by atoms with Crippen LogP contribution in [0.1, 0.15) is 34.3 Å². The molecule has 7 heteroatoms. The minimum atomic E-state index is -3.61. The fraction of sp³-hybridized carbons (Fsp3) is 0.364. The van der Waals surface area contributed by atoms with E-state index >= 15 is 0 Å². The molecule has 0 aliphatic carbocycles. The van der Waals surface area contributed by atoms with Crippen LogP contribution < -0.4 is 0 Å². The molecule has 1 heterocycles. The Labute approximate surface area is 172 Å². The number of sulfone groups is 1. The lowest BCUT2D eigenvalue weighted by Gasteiger charge is -2.17. The summed E-state index contributed by atoms with van der Waals surface area (Å²) in [4.78, 5) is 27.9. The molecule has 3 rings (SSSR count). The molecule has 0 unspecified atom stereocenters. The third kappa shape index (κ3) is 5.90. The van der Waals surface area contributed by atoms with Gasteiger partial charge >= 0.3 is 0 Å². The summed E-state index contributed by atoms with van der Waals surface area (Å²) in [6, 6.07) is 16.1. The smallest absolute Gasteiger partial charge is 0.253 e. The number of benzene rings is 2. The number of rotatable bonds is 7. The molecule has 0 spiro atoms. The number of likely N-dealkylation sites (tertiary alicyclic amines) is 1. The zero-order chi connectivity index (χ0) is 20.9. The van der Waals surface area contributed by atoms with Crippen LogP contribution in [0.3, 0.4) is 0 Å². The van der Waals surface area contributed by atoms with Crippen molar-refractivity contribution in [2.45, 2.75) is 25.1 Å². The van der Waals surface area contributed by atoms with Crippen molar-refractivity contribution in [2.24, 2.45) is 0 Å². The zero-order valence-corrected chi connectivity index (χ0v) is 17.4. The van der Waals surface area contributed by atoms with Gasteiger partial charge in [-0.05, 0) is 36.1 Å². The molecule has 0 bridgehead atoms. The average Bonchev–Trinajstić information content (AvgIpc) is 3.23. The van der Waals surface area contributed by atoms with Gasteiger partial charge in [0.2, 0.25) is 5.91 Å². The van der Waals surface area contributed by atoms with E-state index in [0.29, 0.717) is 17.7 Å². The average molecular weight is 415 g/mol. The van der Waals surface area contributed by atoms with Gasteiger partial charge in [0, 0.05) is 32.2 Å². The van der Waals surface area contributed by atoms with Crippen molar-refractivity contribution in [3.05, 3.63) is 71.3 Å². The summed E-state index contributed by atoms with van der Waals surface area (Å²) in [7, 11) is -2.01. The van der Waals surface area contributed by atoms with Crippen LogP contribution in [0.2, 0.25) is 0 Å². The van der Waals surface area contributed by atoms with Gasteiger partial charge in [0.25, 0.3) is 5.91 Å². The molecule has 1 saturated heterocycles. The Morgan fingerprint density at radius 1 is 0.931 bits per heavy atom. The zero-order valence-electron chi connectivity index (χ0n) is 16.6. The van der Waals surface area contributed by atoms with Crippen molar-refractivity contribution in [2.75, 3.05) is 25.9 Å². The van der Waals surface area contributed by atoms with Crippen molar-refractivity contribution >= 4 is 21.7 Å². The van der Waals surface area contributed by atoms with E-state index < -0.39 is 21.5 Å². The van der Waals surface area contributed by atoms with Crippen molar-refractivity contribution < 1.29 is 18.0 Å². The van der Waals surface area contributed by atoms with Gasteiger partial charge in [0.05, 0.1) is 5.75 Å². The molecule has 0 N–H and O–H groups in total. The molecule has 1 aliphatic rings. The van der Waals surface area contributed by atoms with E-state index in [2.05, 4.69) is 0 Å². The Hall–Kier alpha value is -2.67. The summed E-state index contributed by atoms with van der Waals surface area (Å²) < 4.78 is 24.9. The van der Waals surface area contributed by atoms with Crippen LogP contribution in [0.25, 0.3) is 0 Å². The normalized spacial score (nSPS) is 14.0. The summed E-state index contributed by atoms with van der Waals surface area (Å²) in [6.45, 7) is 1.91. The maximum Gasteiger partial charge on any atom is 0.253 e. The largest absolute Gasteiger partial charge is 0.341 e. The highest BCUT2D eigenvalue weighted by Crippen LogP contribution is 2.15. The molecule has 1 aliphatic heterocycles. The van der Waals surface area contributed by atoms with Crippen molar-refractivity contribution in [1.82, 2.24) is 9.80 Å². The molecule has 154 valence electrons. The lowest BCUT2D eigenvalue weighted by atomic mass is 10.1. The van der Waals surface area contributed by atoms with E-state index in [4.69, 9.17) is 0 Å². The Morgan fingerprint density at radius 2 is 1.55 bits per heavy atom. The lowest BCUT2D eigenvalue weighted by molar-refractivity contribution is -0.127. The van der Waals surface area contributed by atoms with Gasteiger partial charge < -0.3 is 9.80 Å². The van der Waals surface area contributed by atoms with Gasteiger partial charge in [-0.1, -0.05) is 42.5 Å². The molecule has 2 aromatic carbocycles. The van der Waals surface area contributed by atoms with E-state index in [-0.39, 0.29) is 11.7 Å². The molecule has 29 heavy (non-hydrogen) atoms. The third-order valence-electron chi connectivity index (χ3n) is 5.01. The molecule has 0 atom stereocenters. The third-order valence-corrected chi connectivity index (χ3v) is 6.47. The summed E-state index contributed by atoms with van der Waals surface area (Å²) in [5, 5.41) is 0. The van der Waals surface area contributed by atoms with Gasteiger partial charge in [-0.3, -0.25) is 9.59 Å². The monoisotopic (exact) mass is 414 g/mol. The van der Waals surface area contributed by atoms with E-state index in [0.717, 1.165) is 31.5 Å². The summed E-state index contributed by atoms with van der Waals surface area (Å²) >= 11 is 0. The highest BCUT2D eigenvalue weighted by atomic mass is 32.2. The molecular formula is C22H26N2O4S. The second kappa shape index (κ2) is 9.22. The standard InChI is InChI=1S/C22H26N2O4S/c1-23(15-18-7-3-2-4-8-18)21(25)17-29(27,28)16-19-9-11-20(12-10-19)22(26)24-13-5-6-14-24/h2-4,7-12H,5-6,13-17H2,1H3. The van der Waals surface area contributed by atoms with Crippen molar-refractivity contribution in [3.8, 4) is 0 Å². The number of hydrogen-bond acceptors (Lipinski definition) is 4. The fourth-order valence-corrected chi connectivity index (χ4v) is 4.79. The van der Waals surface area contributed by atoms with Gasteiger partial charge in [0.1, 0.15) is 5.75 Å². The van der Waals surface area contributed by atoms with Crippen LogP contribution in [0.5, 0.6) is 0 Å². The van der Waals surface area contributed by atoms with Crippen LogP contribution in [0, 0.1) is 0 Å². The first-order valence-corrected chi connectivity index (χ1v) is 11.5. The molecule has 0 aromatic heterocycles. The van der Waals surface area contributed by atoms with E-state index in [1.807, 2.05) is 35.2 Å². The Bertz CT molecular complexity index is 950. The number of carbonyl (C=O) groups is 2. The minimum absolute atomic E-state index is 0.0189. The predicted octanol–water partition coefficient (Wildman–Crippen LogP) is 2.50. The van der Waals surface area contributed by atoms with E-state index in [1.54, 1.807) is 31.3 Å². The predicted molar refractivity (Wildman–Crippen MR) is 112 cm³/mol. The quantitative estimate of drug-likeness (QED) is 0.698. The summed E-state index contributed by atoms with van der Waals surface area (Å²) in [6.07, 6.45) is 2.05. The topological polar surface area (TPSA) is 74.8 Å². The van der Waals surface area contributed by atoms with Crippen LogP contribution in [0.4, 0.5) is 0 Å². The minimum Gasteiger partial charge on any atom is -0.341 e. The molecule has 0 saturated carbocycles. The van der Waals surface area contributed by atoms with Crippen LogP contribution >= 0.6 is 0 Å². The first-order chi connectivity index (χ1) is 13.8. The highest BCUT2D eigenvalue weighted by Gasteiger charge is 2.22. The Morgan fingerprint density at radius 3 is 2.17 bits per heavy atom. The first kappa shape index (κ1) is 21.0. The second-order valence-corrected chi connectivity index (χ2v) is 9.53. The molecule has 2 amide bonds. The van der Waals surface area contributed by atoms with Gasteiger partial charge in [0.15, 0.2) is 9.84 Å². The SMILES string of the molecule is CN(Cc1ccccc1)C(=O)CS(=O)(=O)Cc1ccc(C(=O)N2CCCC2)cc1. The van der Waals surface area contributed by atoms with Crippen LogP contribution in [-0.4, -0.2) is 55.9 Å². The number of hydrogen-bond donors (Lipinski definition) is 0. The molecule has 0 radical (unpaired) electrons.